The molecule has 0 heterocycles. The van der Waals surface area contributed by atoms with Gasteiger partial charge in [-0.1, -0.05) is 0 Å². The highest BCUT2D eigenvalue weighted by atomic mass is 32.1. The average Bonchev–Trinajstić information content (AvgIpc) is 1.61. The molecule has 0 aliphatic rings. The molecule has 0 spiro atoms. The van der Waals surface area contributed by atoms with Gasteiger partial charge in [0.2, 0.25) is 0 Å². The molecule has 0 fully saturated rings. The standard InChI is InChI=1S/C5H13NS/c1-6(2)4-3-5-7/h7H,3-5H2,1-2H3/p+1. The minimum Gasteiger partial charge on any atom is -0.309 e. The molecule has 0 atom stereocenters. The van der Waals surface area contributed by atoms with Crippen LogP contribution >= 0.6 is 0 Å². The van der Waals surface area contributed by atoms with Gasteiger partial charge >= 0.3 is 0 Å². The van der Waals surface area contributed by atoms with Gasteiger partial charge in [0.05, 0.1) is 0 Å². The first kappa shape index (κ1) is 7.31. The molecule has 0 aliphatic carbocycles. The summed E-state index contributed by atoms with van der Waals surface area (Å²) < 4.78 is 0. The van der Waals surface area contributed by atoms with Crippen LogP contribution in [0.5, 0.6) is 0 Å². The molecule has 0 bridgehead atoms. The predicted molar refractivity (Wildman–Crippen MR) is 38.2 cm³/mol. The second-order valence-corrected chi connectivity index (χ2v) is 2.41. The summed E-state index contributed by atoms with van der Waals surface area (Å²) in [6.07, 6.45) is 1.24. The van der Waals surface area contributed by atoms with Gasteiger partial charge in [-0.3, -0.25) is 0 Å². The summed E-state index contributed by atoms with van der Waals surface area (Å²) in [5.41, 5.74) is 0. The van der Waals surface area contributed by atoms with Crippen molar-refractivity contribution in [3.05, 3.63) is 0 Å². The van der Waals surface area contributed by atoms with Crippen molar-refractivity contribution < 1.29 is 0 Å². The Morgan fingerprint density at radius 1 is 1.43 bits per heavy atom. The molecule has 1 nitrogen and oxygen atoms in total. The van der Waals surface area contributed by atoms with E-state index in [9.17, 15) is 0 Å². The Balaban J connectivity index is 2.68. The van der Waals surface area contributed by atoms with Crippen molar-refractivity contribution in [2.75, 3.05) is 26.4 Å². The van der Waals surface area contributed by atoms with Crippen molar-refractivity contribution >= 4 is 12.6 Å². The molecule has 7 heavy (non-hydrogen) atoms. The first-order valence-corrected chi connectivity index (χ1v) is 3.27. The lowest BCUT2D eigenvalue weighted by Gasteiger charge is -2.04. The van der Waals surface area contributed by atoms with E-state index >= 15 is 0 Å². The molecule has 0 saturated carbocycles. The Labute approximate surface area is 51.1 Å². The SMILES string of the molecule is CN(C)CCC[SH2+]. The van der Waals surface area contributed by atoms with Crippen LogP contribution in [-0.2, 0) is 12.6 Å². The molecule has 0 rings (SSSR count). The Kier molecular flexibility index (Phi) is 4.67. The minimum absolute atomic E-state index is 1.11. The molecule has 0 unspecified atom stereocenters. The Morgan fingerprint density at radius 3 is 2.14 bits per heavy atom. The second kappa shape index (κ2) is 4.47. The van der Waals surface area contributed by atoms with Crippen molar-refractivity contribution in [2.24, 2.45) is 0 Å². The highest BCUT2D eigenvalue weighted by Crippen LogP contribution is 1.78. The molecule has 0 amide bonds. The summed E-state index contributed by atoms with van der Waals surface area (Å²) in [5, 5.41) is 0. The van der Waals surface area contributed by atoms with E-state index in [4.69, 9.17) is 0 Å². The molecule has 0 aromatic carbocycles. The van der Waals surface area contributed by atoms with E-state index in [2.05, 4.69) is 31.6 Å². The van der Waals surface area contributed by atoms with Crippen LogP contribution in [-0.4, -0.2) is 31.3 Å². The summed E-state index contributed by atoms with van der Waals surface area (Å²) >= 11 is 3.39. The zero-order valence-corrected chi connectivity index (χ0v) is 6.07. The van der Waals surface area contributed by atoms with E-state index in [0.717, 1.165) is 5.75 Å². The van der Waals surface area contributed by atoms with Crippen molar-refractivity contribution in [3.63, 3.8) is 0 Å². The molecule has 0 radical (unpaired) electrons. The van der Waals surface area contributed by atoms with E-state index in [1.807, 2.05) is 0 Å². The fraction of sp³-hybridized carbons (Fsp3) is 1.00. The van der Waals surface area contributed by atoms with E-state index in [1.54, 1.807) is 0 Å². The third-order valence-corrected chi connectivity index (χ3v) is 1.14. The molecule has 44 valence electrons. The van der Waals surface area contributed by atoms with Crippen LogP contribution in [0.2, 0.25) is 0 Å². The maximum absolute atomic E-state index is 3.39. The Bertz CT molecular complexity index is 37.1. The lowest BCUT2D eigenvalue weighted by atomic mass is 10.5. The quantitative estimate of drug-likeness (QED) is 0.472. The average molecular weight is 120 g/mol. The summed E-state index contributed by atoms with van der Waals surface area (Å²) in [7, 11) is 4.17. The van der Waals surface area contributed by atoms with Crippen LogP contribution < -0.4 is 0 Å². The zero-order valence-electron chi connectivity index (χ0n) is 5.07. The van der Waals surface area contributed by atoms with Crippen LogP contribution in [0.25, 0.3) is 0 Å². The first-order chi connectivity index (χ1) is 3.27. The summed E-state index contributed by atoms with van der Waals surface area (Å²) in [6.45, 7) is 1.18. The fourth-order valence-corrected chi connectivity index (χ4v) is 0.553. The molecular weight excluding hydrogens is 106 g/mol. The molecule has 2 heteroatoms. The smallest absolute Gasteiger partial charge is 0.104 e. The molecule has 0 saturated heterocycles. The van der Waals surface area contributed by atoms with Crippen LogP contribution in [0.3, 0.4) is 0 Å². The minimum atomic E-state index is 1.11. The number of hydrogen-bond donors (Lipinski definition) is 0. The van der Waals surface area contributed by atoms with Gasteiger partial charge in [-0.05, 0) is 26.7 Å². The monoisotopic (exact) mass is 120 g/mol. The van der Waals surface area contributed by atoms with Crippen molar-refractivity contribution in [2.45, 2.75) is 6.42 Å². The molecular formula is C5H14NS+. The highest BCUT2D eigenvalue weighted by molar-refractivity contribution is 7.58. The maximum Gasteiger partial charge on any atom is 0.104 e. The molecule has 0 aromatic heterocycles. The Morgan fingerprint density at radius 2 is 2.00 bits per heavy atom. The van der Waals surface area contributed by atoms with E-state index in [-0.39, 0.29) is 0 Å². The summed E-state index contributed by atoms with van der Waals surface area (Å²) in [6, 6.07) is 0. The summed E-state index contributed by atoms with van der Waals surface area (Å²) in [5.74, 6) is 1.11. The van der Waals surface area contributed by atoms with E-state index in [0.29, 0.717) is 0 Å². The lowest BCUT2D eigenvalue weighted by molar-refractivity contribution is 0.410. The molecule has 0 aliphatic heterocycles. The zero-order chi connectivity index (χ0) is 5.70. The van der Waals surface area contributed by atoms with Crippen LogP contribution in [0.15, 0.2) is 0 Å². The highest BCUT2D eigenvalue weighted by Gasteiger charge is 1.87. The van der Waals surface area contributed by atoms with Crippen LogP contribution in [0.4, 0.5) is 0 Å². The van der Waals surface area contributed by atoms with Crippen LogP contribution in [0, 0.1) is 0 Å². The number of hydrogen-bond acceptors (Lipinski definition) is 1. The van der Waals surface area contributed by atoms with Crippen molar-refractivity contribution in [1.29, 1.82) is 0 Å². The Hall–Kier alpha value is 0.310. The fourth-order valence-electron chi connectivity index (χ4n) is 0.395. The van der Waals surface area contributed by atoms with Crippen LogP contribution in [0.1, 0.15) is 6.42 Å². The van der Waals surface area contributed by atoms with Gasteiger partial charge in [-0.2, -0.15) is 0 Å². The van der Waals surface area contributed by atoms with Gasteiger partial charge < -0.3 is 4.90 Å². The van der Waals surface area contributed by atoms with Crippen molar-refractivity contribution in [1.82, 2.24) is 4.90 Å². The predicted octanol–water partition coefficient (Wildman–Crippen LogP) is -0.0504. The molecule has 0 aromatic rings. The van der Waals surface area contributed by atoms with Gasteiger partial charge in [0.1, 0.15) is 5.75 Å². The van der Waals surface area contributed by atoms with Gasteiger partial charge in [0, 0.05) is 13.0 Å². The molecule has 0 N–H and O–H groups in total. The third kappa shape index (κ3) is 6.31. The number of rotatable bonds is 3. The van der Waals surface area contributed by atoms with Gasteiger partial charge in [0.25, 0.3) is 0 Å². The summed E-state index contributed by atoms with van der Waals surface area (Å²) in [4.78, 5) is 2.18. The third-order valence-electron chi connectivity index (χ3n) is 0.782. The van der Waals surface area contributed by atoms with Gasteiger partial charge in [0.15, 0.2) is 0 Å². The maximum atomic E-state index is 3.39. The lowest BCUT2D eigenvalue weighted by Crippen LogP contribution is -2.13. The largest absolute Gasteiger partial charge is 0.309 e. The van der Waals surface area contributed by atoms with Gasteiger partial charge in [-0.15, -0.1) is 0 Å². The van der Waals surface area contributed by atoms with Gasteiger partial charge in [-0.25, -0.2) is 0 Å². The second-order valence-electron chi connectivity index (χ2n) is 1.91. The van der Waals surface area contributed by atoms with E-state index < -0.39 is 0 Å². The number of nitrogens with zero attached hydrogens (tertiary/aromatic N) is 1. The first-order valence-electron chi connectivity index (χ1n) is 2.56. The van der Waals surface area contributed by atoms with E-state index in [1.165, 1.54) is 13.0 Å². The normalized spacial score (nSPS) is 10.3. The topological polar surface area (TPSA) is 3.24 Å². The van der Waals surface area contributed by atoms with Crippen molar-refractivity contribution in [3.8, 4) is 0 Å².